The lowest BCUT2D eigenvalue weighted by Crippen LogP contribution is -2.29. The number of carbonyl (C=O) groups is 3. The maximum Gasteiger partial charge on any atom is 0.255 e. The van der Waals surface area contributed by atoms with Crippen LogP contribution >= 0.6 is 0 Å². The zero-order valence-corrected chi connectivity index (χ0v) is 20.4. The molecule has 5 heteroatoms. The fraction of sp³-hybridized carbons (Fsp3) is 0.621. The average molecular weight is 463 g/mol. The van der Waals surface area contributed by atoms with E-state index in [4.69, 9.17) is 0 Å². The van der Waals surface area contributed by atoms with E-state index in [1.54, 1.807) is 18.2 Å². The highest BCUT2D eigenvalue weighted by atomic mass is 16.2. The van der Waals surface area contributed by atoms with Crippen molar-refractivity contribution in [3.8, 4) is 0 Å². The van der Waals surface area contributed by atoms with Crippen LogP contribution in [0.1, 0.15) is 52.4 Å². The van der Waals surface area contributed by atoms with Gasteiger partial charge in [-0.05, 0) is 97.7 Å². The lowest BCUT2D eigenvalue weighted by molar-refractivity contribution is -0.120. The summed E-state index contributed by atoms with van der Waals surface area (Å²) < 4.78 is 0. The van der Waals surface area contributed by atoms with Gasteiger partial charge in [-0.1, -0.05) is 44.6 Å². The van der Waals surface area contributed by atoms with Gasteiger partial charge >= 0.3 is 0 Å². The summed E-state index contributed by atoms with van der Waals surface area (Å²) in [5.41, 5.74) is 0.264. The van der Waals surface area contributed by atoms with Gasteiger partial charge in [0.1, 0.15) is 0 Å². The van der Waals surface area contributed by atoms with Gasteiger partial charge in [-0.25, -0.2) is 0 Å². The first-order valence-electron chi connectivity index (χ1n) is 13.3. The maximum atomic E-state index is 12.9. The van der Waals surface area contributed by atoms with Crippen molar-refractivity contribution in [1.29, 1.82) is 0 Å². The first-order chi connectivity index (χ1) is 16.5. The van der Waals surface area contributed by atoms with E-state index in [0.29, 0.717) is 36.6 Å². The summed E-state index contributed by atoms with van der Waals surface area (Å²) >= 11 is 0. The van der Waals surface area contributed by atoms with Crippen LogP contribution in [0.25, 0.3) is 0 Å². The van der Waals surface area contributed by atoms with Gasteiger partial charge in [0.25, 0.3) is 5.91 Å². The Kier molecular flexibility index (Phi) is 6.63. The van der Waals surface area contributed by atoms with Crippen molar-refractivity contribution in [2.45, 2.75) is 58.4 Å². The van der Waals surface area contributed by atoms with Crippen molar-refractivity contribution in [2.24, 2.45) is 47.3 Å². The fourth-order valence-electron chi connectivity index (χ4n) is 7.82. The summed E-state index contributed by atoms with van der Waals surface area (Å²) in [7, 11) is 0. The molecule has 5 rings (SSSR count). The molecule has 2 bridgehead atoms. The minimum absolute atomic E-state index is 0.0507. The minimum Gasteiger partial charge on any atom is -0.353 e. The third-order valence-corrected chi connectivity index (χ3v) is 9.38. The molecule has 0 unspecified atom stereocenters. The molecule has 5 nitrogen and oxygen atoms in total. The van der Waals surface area contributed by atoms with Crippen LogP contribution in [0.3, 0.4) is 0 Å². The number of ketones is 1. The molecule has 182 valence electrons. The highest BCUT2D eigenvalue weighted by Crippen LogP contribution is 2.59. The van der Waals surface area contributed by atoms with Crippen LogP contribution in [-0.2, 0) is 14.4 Å². The first-order valence-corrected chi connectivity index (χ1v) is 13.3. The summed E-state index contributed by atoms with van der Waals surface area (Å²) in [4.78, 5) is 37.6. The molecule has 34 heavy (non-hydrogen) atoms. The van der Waals surface area contributed by atoms with E-state index < -0.39 is 0 Å². The van der Waals surface area contributed by atoms with E-state index in [0.717, 1.165) is 37.0 Å². The second-order valence-electron chi connectivity index (χ2n) is 11.2. The zero-order valence-electron chi connectivity index (χ0n) is 20.4. The summed E-state index contributed by atoms with van der Waals surface area (Å²) in [6.07, 6.45) is 20.1. The Balaban J connectivity index is 1.42. The van der Waals surface area contributed by atoms with Crippen molar-refractivity contribution in [3.63, 3.8) is 0 Å². The molecule has 0 aromatic carbocycles. The molecular formula is C29H38N2O3. The third-order valence-electron chi connectivity index (χ3n) is 9.38. The second-order valence-corrected chi connectivity index (χ2v) is 11.2. The minimum atomic E-state index is -0.275. The Morgan fingerprint density at radius 3 is 2.59 bits per heavy atom. The van der Waals surface area contributed by atoms with E-state index in [2.05, 4.69) is 42.7 Å². The zero-order chi connectivity index (χ0) is 23.8. The predicted molar refractivity (Wildman–Crippen MR) is 132 cm³/mol. The van der Waals surface area contributed by atoms with E-state index in [-0.39, 0.29) is 35.1 Å². The molecule has 0 aromatic rings. The Morgan fingerprint density at radius 1 is 0.971 bits per heavy atom. The van der Waals surface area contributed by atoms with Crippen LogP contribution in [0.5, 0.6) is 0 Å². The quantitative estimate of drug-likeness (QED) is 0.454. The molecule has 2 aliphatic heterocycles. The normalized spacial score (nSPS) is 43.9. The van der Waals surface area contributed by atoms with Crippen LogP contribution < -0.4 is 10.6 Å². The van der Waals surface area contributed by atoms with Crippen molar-refractivity contribution in [1.82, 2.24) is 10.6 Å². The molecule has 2 N–H and O–H groups in total. The largest absolute Gasteiger partial charge is 0.353 e. The number of allylic oxidation sites excluding steroid dienone is 5. The molecule has 2 amide bonds. The van der Waals surface area contributed by atoms with Crippen molar-refractivity contribution in [2.75, 3.05) is 6.54 Å². The van der Waals surface area contributed by atoms with Crippen molar-refractivity contribution < 1.29 is 14.4 Å². The molecule has 2 fully saturated rings. The molecule has 0 radical (unpaired) electrons. The van der Waals surface area contributed by atoms with Crippen molar-refractivity contribution in [3.05, 3.63) is 48.1 Å². The van der Waals surface area contributed by atoms with Crippen LogP contribution in [0.2, 0.25) is 0 Å². The number of hydrogen-bond acceptors (Lipinski definition) is 3. The van der Waals surface area contributed by atoms with E-state index in [1.807, 2.05) is 6.08 Å². The SMILES string of the molecule is CC[C@H]1[C@@H]2C=C[C@H]3[C@@H](C[C@H]4/C=C/C(=O)C5=C[C@H](CCCNC(=O)/C=C\C[C@H]34)NC5=O)[C@H]2C[C@H]1C. The Bertz CT molecular complexity index is 960. The molecule has 0 aromatic heterocycles. The number of rotatable bonds is 1. The van der Waals surface area contributed by atoms with Gasteiger partial charge in [-0.15, -0.1) is 0 Å². The van der Waals surface area contributed by atoms with Crippen molar-refractivity contribution >= 4 is 17.6 Å². The third kappa shape index (κ3) is 4.34. The Labute approximate surface area is 203 Å². The highest BCUT2D eigenvalue weighted by Gasteiger charge is 2.51. The molecule has 2 heterocycles. The molecule has 0 saturated heterocycles. The molecule has 0 spiro atoms. The summed E-state index contributed by atoms with van der Waals surface area (Å²) in [5, 5.41) is 5.84. The van der Waals surface area contributed by atoms with Gasteiger partial charge in [0, 0.05) is 12.6 Å². The topological polar surface area (TPSA) is 75.3 Å². The number of carbonyl (C=O) groups excluding carboxylic acids is 3. The highest BCUT2D eigenvalue weighted by molar-refractivity contribution is 6.24. The maximum absolute atomic E-state index is 12.9. The smallest absolute Gasteiger partial charge is 0.255 e. The lowest BCUT2D eigenvalue weighted by Gasteiger charge is -2.35. The molecule has 5 aliphatic rings. The van der Waals surface area contributed by atoms with Crippen LogP contribution in [0.4, 0.5) is 0 Å². The lowest BCUT2D eigenvalue weighted by atomic mass is 9.69. The first kappa shape index (κ1) is 23.3. The molecule has 9 atom stereocenters. The van der Waals surface area contributed by atoms with E-state index in [9.17, 15) is 14.4 Å². The van der Waals surface area contributed by atoms with Crippen LogP contribution in [0, 0.1) is 47.3 Å². The molecule has 3 aliphatic carbocycles. The van der Waals surface area contributed by atoms with Gasteiger partial charge in [-0.3, -0.25) is 14.4 Å². The summed E-state index contributed by atoms with van der Waals surface area (Å²) in [5.74, 6) is 4.19. The Hall–Kier alpha value is -2.43. The van der Waals surface area contributed by atoms with Gasteiger partial charge in [-0.2, -0.15) is 0 Å². The van der Waals surface area contributed by atoms with E-state index >= 15 is 0 Å². The molecular weight excluding hydrogens is 424 g/mol. The standard InChI is InChI=1S/C29H38N2O3/c1-3-20-17(2)14-24-22(20)10-11-23-21-7-4-8-28(33)30-13-5-6-19-16-26(29(34)31-19)27(32)12-9-18(21)15-25(23)24/h4,8-12,16-25H,3,5-7,13-15H2,1-2H3,(H,30,33)(H,31,34)/b8-4-,12-9+/t17-,18-,19+,20-,21+,22+,23-,24+,25-/m1/s1. The van der Waals surface area contributed by atoms with Gasteiger partial charge in [0.05, 0.1) is 5.57 Å². The summed E-state index contributed by atoms with van der Waals surface area (Å²) in [6, 6.07) is -0.139. The second kappa shape index (κ2) is 9.67. The van der Waals surface area contributed by atoms with Gasteiger partial charge in [0.2, 0.25) is 5.91 Å². The average Bonchev–Trinajstić information content (AvgIpc) is 3.46. The summed E-state index contributed by atoms with van der Waals surface area (Å²) in [6.45, 7) is 5.30. The van der Waals surface area contributed by atoms with Crippen LogP contribution in [-0.4, -0.2) is 30.2 Å². The molecule has 2 saturated carbocycles. The fourth-order valence-corrected chi connectivity index (χ4v) is 7.82. The number of nitrogens with one attached hydrogen (secondary N) is 2. The number of fused-ring (bicyclic) bond motifs is 6. The van der Waals surface area contributed by atoms with Gasteiger partial charge < -0.3 is 10.6 Å². The van der Waals surface area contributed by atoms with Gasteiger partial charge in [0.15, 0.2) is 5.78 Å². The number of amides is 2. The van der Waals surface area contributed by atoms with Crippen LogP contribution in [0.15, 0.2) is 48.1 Å². The number of hydrogen-bond donors (Lipinski definition) is 2. The Morgan fingerprint density at radius 2 is 1.76 bits per heavy atom. The predicted octanol–water partition coefficient (Wildman–Crippen LogP) is 4.13. The van der Waals surface area contributed by atoms with E-state index in [1.165, 1.54) is 12.8 Å². The monoisotopic (exact) mass is 462 g/mol.